The predicted molar refractivity (Wildman–Crippen MR) is 71.8 cm³/mol. The van der Waals surface area contributed by atoms with Gasteiger partial charge in [-0.3, -0.25) is 4.79 Å². The summed E-state index contributed by atoms with van der Waals surface area (Å²) in [5.74, 6) is 0.592. The van der Waals surface area contributed by atoms with Gasteiger partial charge >= 0.3 is 5.97 Å². The summed E-state index contributed by atoms with van der Waals surface area (Å²) in [6.45, 7) is 10.1. The summed E-state index contributed by atoms with van der Waals surface area (Å²) in [5.41, 5.74) is 2.98. The van der Waals surface area contributed by atoms with Gasteiger partial charge in [-0.1, -0.05) is 24.8 Å². The molecule has 0 aliphatic carbocycles. The highest BCUT2D eigenvalue weighted by Crippen LogP contribution is 2.22. The average Bonchev–Trinajstić information content (AvgIpc) is 2.30. The Morgan fingerprint density at radius 2 is 1.89 bits per heavy atom. The van der Waals surface area contributed by atoms with Crippen LogP contribution in [0.1, 0.15) is 24.5 Å². The van der Waals surface area contributed by atoms with Gasteiger partial charge in [-0.15, -0.1) is 0 Å². The first-order valence-corrected chi connectivity index (χ1v) is 5.99. The zero-order valence-electron chi connectivity index (χ0n) is 11.3. The number of rotatable bonds is 6. The van der Waals surface area contributed by atoms with Gasteiger partial charge in [0.05, 0.1) is 13.0 Å². The Hall–Kier alpha value is -1.77. The molecule has 3 heteroatoms. The summed E-state index contributed by atoms with van der Waals surface area (Å²) >= 11 is 0. The van der Waals surface area contributed by atoms with Gasteiger partial charge in [-0.05, 0) is 37.5 Å². The van der Waals surface area contributed by atoms with Crippen molar-refractivity contribution in [2.24, 2.45) is 0 Å². The molecule has 0 aliphatic heterocycles. The minimum absolute atomic E-state index is 0.251. The van der Waals surface area contributed by atoms with Crippen LogP contribution >= 0.6 is 0 Å². The highest BCUT2D eigenvalue weighted by molar-refractivity contribution is 5.69. The van der Waals surface area contributed by atoms with Crippen molar-refractivity contribution in [1.82, 2.24) is 0 Å². The standard InChI is InChI=1S/C15H20O3/c1-11(2)10-18-14(16)8-9-17-15-12(3)6-5-7-13(15)4/h5-7H,1,8-10H2,2-4H3. The lowest BCUT2D eigenvalue weighted by Crippen LogP contribution is -2.11. The van der Waals surface area contributed by atoms with Crippen molar-refractivity contribution >= 4 is 5.97 Å². The van der Waals surface area contributed by atoms with Gasteiger partial charge in [-0.2, -0.15) is 0 Å². The molecule has 0 heterocycles. The summed E-state index contributed by atoms with van der Waals surface area (Å²) in [4.78, 5) is 11.4. The van der Waals surface area contributed by atoms with Crippen molar-refractivity contribution in [3.8, 4) is 5.75 Å². The van der Waals surface area contributed by atoms with Crippen LogP contribution in [0.2, 0.25) is 0 Å². The lowest BCUT2D eigenvalue weighted by molar-refractivity contribution is -0.143. The topological polar surface area (TPSA) is 35.5 Å². The van der Waals surface area contributed by atoms with E-state index in [0.29, 0.717) is 6.61 Å². The first kappa shape index (κ1) is 14.3. The molecule has 0 fully saturated rings. The predicted octanol–water partition coefficient (Wildman–Crippen LogP) is 3.19. The quantitative estimate of drug-likeness (QED) is 0.573. The van der Waals surface area contributed by atoms with Crippen molar-refractivity contribution in [2.75, 3.05) is 13.2 Å². The van der Waals surface area contributed by atoms with Gasteiger partial charge in [0.25, 0.3) is 0 Å². The first-order chi connectivity index (χ1) is 8.50. The van der Waals surface area contributed by atoms with Gasteiger partial charge in [0.15, 0.2) is 0 Å². The Balaban J connectivity index is 2.38. The number of para-hydroxylation sites is 1. The molecule has 0 N–H and O–H groups in total. The van der Waals surface area contributed by atoms with Crippen LogP contribution in [0.5, 0.6) is 5.75 Å². The van der Waals surface area contributed by atoms with Crippen molar-refractivity contribution in [3.63, 3.8) is 0 Å². The van der Waals surface area contributed by atoms with Crippen LogP contribution in [0.25, 0.3) is 0 Å². The number of carbonyl (C=O) groups is 1. The molecule has 18 heavy (non-hydrogen) atoms. The van der Waals surface area contributed by atoms with E-state index in [2.05, 4.69) is 6.58 Å². The van der Waals surface area contributed by atoms with E-state index >= 15 is 0 Å². The summed E-state index contributed by atoms with van der Waals surface area (Å²) in [5, 5.41) is 0. The molecular weight excluding hydrogens is 228 g/mol. The van der Waals surface area contributed by atoms with E-state index in [9.17, 15) is 4.79 Å². The number of ether oxygens (including phenoxy) is 2. The Labute approximate surface area is 108 Å². The van der Waals surface area contributed by atoms with Crippen molar-refractivity contribution in [1.29, 1.82) is 0 Å². The second-order valence-electron chi connectivity index (χ2n) is 4.44. The highest BCUT2D eigenvalue weighted by Gasteiger charge is 2.06. The number of hydrogen-bond acceptors (Lipinski definition) is 3. The second kappa shape index (κ2) is 6.84. The third kappa shape index (κ3) is 4.62. The molecule has 0 spiro atoms. The largest absolute Gasteiger partial charge is 0.492 e. The third-order valence-electron chi connectivity index (χ3n) is 2.44. The summed E-state index contributed by atoms with van der Waals surface area (Å²) in [6.07, 6.45) is 0.251. The van der Waals surface area contributed by atoms with E-state index in [1.807, 2.05) is 39.0 Å². The minimum atomic E-state index is -0.260. The molecule has 0 radical (unpaired) electrons. The van der Waals surface area contributed by atoms with E-state index in [1.165, 1.54) is 0 Å². The third-order valence-corrected chi connectivity index (χ3v) is 2.44. The summed E-state index contributed by atoms with van der Waals surface area (Å²) in [7, 11) is 0. The molecule has 0 aromatic heterocycles. The van der Waals surface area contributed by atoms with Gasteiger partial charge in [0.2, 0.25) is 0 Å². The maximum atomic E-state index is 11.4. The minimum Gasteiger partial charge on any atom is -0.492 e. The van der Waals surface area contributed by atoms with Crippen LogP contribution in [0.3, 0.4) is 0 Å². The van der Waals surface area contributed by atoms with Gasteiger partial charge in [0, 0.05) is 0 Å². The number of aryl methyl sites for hydroxylation is 2. The molecule has 0 saturated heterocycles. The van der Waals surface area contributed by atoms with Crippen LogP contribution in [0.4, 0.5) is 0 Å². The summed E-state index contributed by atoms with van der Waals surface area (Å²) in [6, 6.07) is 5.96. The van der Waals surface area contributed by atoms with Crippen molar-refractivity contribution < 1.29 is 14.3 Å². The number of esters is 1. The van der Waals surface area contributed by atoms with Crippen LogP contribution < -0.4 is 4.74 Å². The number of benzene rings is 1. The fraction of sp³-hybridized carbons (Fsp3) is 0.400. The van der Waals surface area contributed by atoms with E-state index in [-0.39, 0.29) is 19.0 Å². The van der Waals surface area contributed by atoms with Crippen LogP contribution in [0.15, 0.2) is 30.4 Å². The Morgan fingerprint density at radius 1 is 1.28 bits per heavy atom. The van der Waals surface area contributed by atoms with Crippen molar-refractivity contribution in [3.05, 3.63) is 41.5 Å². The molecule has 98 valence electrons. The van der Waals surface area contributed by atoms with Crippen LogP contribution in [-0.4, -0.2) is 19.2 Å². The molecule has 0 unspecified atom stereocenters. The van der Waals surface area contributed by atoms with E-state index in [0.717, 1.165) is 22.4 Å². The maximum Gasteiger partial charge on any atom is 0.309 e. The van der Waals surface area contributed by atoms with E-state index in [1.54, 1.807) is 0 Å². The zero-order valence-corrected chi connectivity index (χ0v) is 11.3. The molecular formula is C15H20O3. The molecule has 0 saturated carbocycles. The fourth-order valence-electron chi connectivity index (χ4n) is 1.54. The van der Waals surface area contributed by atoms with E-state index < -0.39 is 0 Å². The molecule has 1 rings (SSSR count). The summed E-state index contributed by atoms with van der Waals surface area (Å²) < 4.78 is 10.6. The molecule has 0 bridgehead atoms. The highest BCUT2D eigenvalue weighted by atomic mass is 16.5. The van der Waals surface area contributed by atoms with Crippen LogP contribution in [-0.2, 0) is 9.53 Å². The molecule has 1 aromatic carbocycles. The molecule has 0 atom stereocenters. The number of carbonyl (C=O) groups excluding carboxylic acids is 1. The molecule has 3 nitrogen and oxygen atoms in total. The maximum absolute atomic E-state index is 11.4. The average molecular weight is 248 g/mol. The molecule has 0 aliphatic rings. The Bertz CT molecular complexity index is 415. The smallest absolute Gasteiger partial charge is 0.309 e. The number of hydrogen-bond donors (Lipinski definition) is 0. The molecule has 1 aromatic rings. The van der Waals surface area contributed by atoms with Crippen molar-refractivity contribution in [2.45, 2.75) is 27.2 Å². The first-order valence-electron chi connectivity index (χ1n) is 5.99. The van der Waals surface area contributed by atoms with Gasteiger partial charge in [0.1, 0.15) is 12.4 Å². The second-order valence-corrected chi connectivity index (χ2v) is 4.44. The van der Waals surface area contributed by atoms with E-state index in [4.69, 9.17) is 9.47 Å². The fourth-order valence-corrected chi connectivity index (χ4v) is 1.54. The molecule has 0 amide bonds. The SMILES string of the molecule is C=C(C)COC(=O)CCOc1c(C)cccc1C. The van der Waals surface area contributed by atoms with Gasteiger partial charge in [-0.25, -0.2) is 0 Å². The lowest BCUT2D eigenvalue weighted by atomic mass is 10.1. The van der Waals surface area contributed by atoms with Gasteiger partial charge < -0.3 is 9.47 Å². The Kier molecular flexibility index (Phi) is 5.43. The monoisotopic (exact) mass is 248 g/mol. The normalized spacial score (nSPS) is 9.94. The van der Waals surface area contributed by atoms with Crippen LogP contribution in [0, 0.1) is 13.8 Å². The lowest BCUT2D eigenvalue weighted by Gasteiger charge is -2.11. The Morgan fingerprint density at radius 3 is 2.44 bits per heavy atom. The zero-order chi connectivity index (χ0) is 13.5.